The van der Waals surface area contributed by atoms with Crippen molar-refractivity contribution in [3.63, 3.8) is 0 Å². The molecule has 0 unspecified atom stereocenters. The Balaban J connectivity index is 1.66. The largest absolute Gasteiger partial charge is 0.489 e. The minimum atomic E-state index is -0.435. The van der Waals surface area contributed by atoms with Gasteiger partial charge in [-0.15, -0.1) is 0 Å². The van der Waals surface area contributed by atoms with Gasteiger partial charge in [-0.2, -0.15) is 5.26 Å². The Bertz CT molecular complexity index is 962. The number of rotatable bonds is 6. The molecule has 0 saturated carbocycles. The molecule has 3 aromatic carbocycles. The molecule has 0 aliphatic rings. The minimum Gasteiger partial charge on any atom is -0.489 e. The van der Waals surface area contributed by atoms with Crippen LogP contribution in [0.25, 0.3) is 0 Å². The van der Waals surface area contributed by atoms with E-state index in [2.05, 4.69) is 6.07 Å². The molecule has 0 fully saturated rings. The first-order valence-corrected chi connectivity index (χ1v) is 7.78. The van der Waals surface area contributed by atoms with E-state index in [0.717, 1.165) is 0 Å². The smallest absolute Gasteiger partial charge is 0.269 e. The van der Waals surface area contributed by atoms with Gasteiger partial charge >= 0.3 is 0 Å². The molecular formula is C20H14N2O4. The molecule has 0 heterocycles. The SMILES string of the molecule is N#Cc1ccc(Oc2cccc(OCc3cccc([N+](=O)[O-])c3)c2)cc1. The van der Waals surface area contributed by atoms with Gasteiger partial charge < -0.3 is 9.47 Å². The Hall–Kier alpha value is -3.85. The predicted molar refractivity (Wildman–Crippen MR) is 95.1 cm³/mol. The molecule has 0 bridgehead atoms. The van der Waals surface area contributed by atoms with Crippen LogP contribution in [-0.2, 0) is 6.61 Å². The van der Waals surface area contributed by atoms with Crippen molar-refractivity contribution in [1.82, 2.24) is 0 Å². The van der Waals surface area contributed by atoms with Crippen LogP contribution in [-0.4, -0.2) is 4.92 Å². The van der Waals surface area contributed by atoms with Crippen LogP contribution in [0.4, 0.5) is 5.69 Å². The van der Waals surface area contributed by atoms with Crippen molar-refractivity contribution in [2.45, 2.75) is 6.61 Å². The molecule has 0 radical (unpaired) electrons. The molecule has 0 atom stereocenters. The normalized spacial score (nSPS) is 9.96. The number of nitro groups is 1. The van der Waals surface area contributed by atoms with Crippen LogP contribution in [0.2, 0.25) is 0 Å². The zero-order chi connectivity index (χ0) is 18.4. The summed E-state index contributed by atoms with van der Waals surface area (Å²) in [5.41, 5.74) is 1.30. The highest BCUT2D eigenvalue weighted by Crippen LogP contribution is 2.26. The number of non-ortho nitro benzene ring substituents is 1. The van der Waals surface area contributed by atoms with Gasteiger partial charge in [-0.25, -0.2) is 0 Å². The monoisotopic (exact) mass is 346 g/mol. The van der Waals surface area contributed by atoms with Crippen LogP contribution in [0.1, 0.15) is 11.1 Å². The fourth-order valence-electron chi connectivity index (χ4n) is 2.29. The van der Waals surface area contributed by atoms with E-state index in [4.69, 9.17) is 14.7 Å². The first-order valence-electron chi connectivity index (χ1n) is 7.78. The Kier molecular flexibility index (Phi) is 5.11. The van der Waals surface area contributed by atoms with Crippen molar-refractivity contribution in [2.24, 2.45) is 0 Å². The summed E-state index contributed by atoms with van der Waals surface area (Å²) in [7, 11) is 0. The lowest BCUT2D eigenvalue weighted by Crippen LogP contribution is -1.97. The third-order valence-corrected chi connectivity index (χ3v) is 3.55. The van der Waals surface area contributed by atoms with Crippen LogP contribution in [0.3, 0.4) is 0 Å². The Morgan fingerprint density at radius 2 is 1.65 bits per heavy atom. The van der Waals surface area contributed by atoms with Gasteiger partial charge in [0.2, 0.25) is 0 Å². The van der Waals surface area contributed by atoms with Crippen molar-refractivity contribution in [3.8, 4) is 23.3 Å². The molecule has 0 aliphatic carbocycles. The van der Waals surface area contributed by atoms with E-state index in [1.54, 1.807) is 60.7 Å². The lowest BCUT2D eigenvalue weighted by Gasteiger charge is -2.09. The molecule has 0 aliphatic heterocycles. The van der Waals surface area contributed by atoms with E-state index in [0.29, 0.717) is 28.4 Å². The summed E-state index contributed by atoms with van der Waals surface area (Å²) in [4.78, 5) is 10.4. The number of hydrogen-bond acceptors (Lipinski definition) is 5. The van der Waals surface area contributed by atoms with Gasteiger partial charge in [0.25, 0.3) is 5.69 Å². The summed E-state index contributed by atoms with van der Waals surface area (Å²) in [6.45, 7) is 0.210. The molecule has 0 saturated heterocycles. The van der Waals surface area contributed by atoms with E-state index >= 15 is 0 Å². The predicted octanol–water partition coefficient (Wildman–Crippen LogP) is 4.84. The second-order valence-corrected chi connectivity index (χ2v) is 5.43. The average molecular weight is 346 g/mol. The molecule has 3 aromatic rings. The number of nitrogens with zero attached hydrogens (tertiary/aromatic N) is 2. The summed E-state index contributed by atoms with van der Waals surface area (Å²) in [5.74, 6) is 1.79. The van der Waals surface area contributed by atoms with Crippen molar-refractivity contribution >= 4 is 5.69 Å². The second-order valence-electron chi connectivity index (χ2n) is 5.43. The van der Waals surface area contributed by atoms with Gasteiger partial charge in [0.15, 0.2) is 0 Å². The Morgan fingerprint density at radius 3 is 2.38 bits per heavy atom. The highest BCUT2D eigenvalue weighted by atomic mass is 16.6. The first kappa shape index (κ1) is 17.0. The van der Waals surface area contributed by atoms with Crippen LogP contribution in [0.15, 0.2) is 72.8 Å². The first-order chi connectivity index (χ1) is 12.6. The van der Waals surface area contributed by atoms with Crippen molar-refractivity contribution in [3.05, 3.63) is 94.0 Å². The number of benzene rings is 3. The highest BCUT2D eigenvalue weighted by molar-refractivity contribution is 5.40. The van der Waals surface area contributed by atoms with E-state index < -0.39 is 4.92 Å². The van der Waals surface area contributed by atoms with E-state index in [9.17, 15) is 10.1 Å². The Labute approximate surface area is 150 Å². The number of nitro benzene ring substituents is 1. The lowest BCUT2D eigenvalue weighted by molar-refractivity contribution is -0.384. The zero-order valence-corrected chi connectivity index (χ0v) is 13.7. The summed E-state index contributed by atoms with van der Waals surface area (Å²) < 4.78 is 11.4. The van der Waals surface area contributed by atoms with Crippen molar-refractivity contribution in [1.29, 1.82) is 5.26 Å². The highest BCUT2D eigenvalue weighted by Gasteiger charge is 2.06. The third kappa shape index (κ3) is 4.36. The van der Waals surface area contributed by atoms with E-state index in [1.807, 2.05) is 0 Å². The maximum atomic E-state index is 10.8. The van der Waals surface area contributed by atoms with Gasteiger partial charge in [-0.1, -0.05) is 18.2 Å². The Morgan fingerprint density at radius 1 is 0.923 bits per heavy atom. The molecule has 0 N–H and O–H groups in total. The van der Waals surface area contributed by atoms with Gasteiger partial charge in [-0.05, 0) is 42.0 Å². The summed E-state index contributed by atoms with van der Waals surface area (Å²) in [6.07, 6.45) is 0. The molecule has 0 spiro atoms. The number of ether oxygens (including phenoxy) is 2. The molecule has 6 heteroatoms. The van der Waals surface area contributed by atoms with Crippen LogP contribution >= 0.6 is 0 Å². The second kappa shape index (κ2) is 7.81. The fraction of sp³-hybridized carbons (Fsp3) is 0.0500. The fourth-order valence-corrected chi connectivity index (χ4v) is 2.29. The van der Waals surface area contributed by atoms with Gasteiger partial charge in [0, 0.05) is 18.2 Å². The topological polar surface area (TPSA) is 85.4 Å². The van der Waals surface area contributed by atoms with Crippen molar-refractivity contribution in [2.75, 3.05) is 0 Å². The molecule has 0 amide bonds. The third-order valence-electron chi connectivity index (χ3n) is 3.55. The van der Waals surface area contributed by atoms with Gasteiger partial charge in [0.1, 0.15) is 23.9 Å². The minimum absolute atomic E-state index is 0.0315. The molecular weight excluding hydrogens is 332 g/mol. The van der Waals surface area contributed by atoms with Gasteiger partial charge in [0.05, 0.1) is 16.6 Å². The van der Waals surface area contributed by atoms with E-state index in [-0.39, 0.29) is 12.3 Å². The lowest BCUT2D eigenvalue weighted by atomic mass is 10.2. The van der Waals surface area contributed by atoms with Crippen LogP contribution < -0.4 is 9.47 Å². The van der Waals surface area contributed by atoms with E-state index in [1.165, 1.54) is 12.1 Å². The van der Waals surface area contributed by atoms with Gasteiger partial charge in [-0.3, -0.25) is 10.1 Å². The molecule has 128 valence electrons. The van der Waals surface area contributed by atoms with Crippen LogP contribution in [0, 0.1) is 21.4 Å². The molecule has 26 heavy (non-hydrogen) atoms. The molecule has 3 rings (SSSR count). The number of nitriles is 1. The van der Waals surface area contributed by atoms with Crippen molar-refractivity contribution < 1.29 is 14.4 Å². The maximum Gasteiger partial charge on any atom is 0.269 e. The zero-order valence-electron chi connectivity index (χ0n) is 13.7. The average Bonchev–Trinajstić information content (AvgIpc) is 2.67. The summed E-state index contributed by atoms with van der Waals surface area (Å²) in [5, 5.41) is 19.6. The maximum absolute atomic E-state index is 10.8. The molecule has 6 nitrogen and oxygen atoms in total. The molecule has 0 aromatic heterocycles. The summed E-state index contributed by atoms with van der Waals surface area (Å²) in [6, 6.07) is 22.3. The quantitative estimate of drug-likeness (QED) is 0.471. The number of hydrogen-bond donors (Lipinski definition) is 0. The standard InChI is InChI=1S/C20H14N2O4/c21-13-15-7-9-18(10-8-15)26-20-6-2-5-19(12-20)25-14-16-3-1-4-17(11-16)22(23)24/h1-12H,14H2. The summed E-state index contributed by atoms with van der Waals surface area (Å²) >= 11 is 0. The van der Waals surface area contributed by atoms with Crippen LogP contribution in [0.5, 0.6) is 17.2 Å².